The average molecular weight is 280 g/mol. The fourth-order valence-electron chi connectivity index (χ4n) is 2.11. The first-order chi connectivity index (χ1) is 8.01. The Morgan fingerprint density at radius 3 is 2.59 bits per heavy atom. The zero-order chi connectivity index (χ0) is 12.7. The number of rotatable bonds is 8. The minimum Gasteiger partial charge on any atom is -0.271 e. The second kappa shape index (κ2) is 7.61. The predicted octanol–water partition coefficient (Wildman–Crippen LogP) is 1.32. The van der Waals surface area contributed by atoms with Crippen LogP contribution in [0.15, 0.2) is 0 Å². The van der Waals surface area contributed by atoms with Gasteiger partial charge < -0.3 is 0 Å². The molecule has 0 aromatic carbocycles. The van der Waals surface area contributed by atoms with E-state index in [1.807, 2.05) is 11.8 Å². The second-order valence-electron chi connectivity index (χ2n) is 4.88. The Labute approximate surface area is 109 Å². The number of nitrogens with one attached hydrogen (secondary N) is 1. The van der Waals surface area contributed by atoms with Gasteiger partial charge in [-0.2, -0.15) is 11.8 Å². The molecule has 6 heteroatoms. The van der Waals surface area contributed by atoms with E-state index in [2.05, 4.69) is 5.43 Å². The maximum atomic E-state index is 11.0. The number of sulfone groups is 1. The van der Waals surface area contributed by atoms with E-state index in [0.29, 0.717) is 6.42 Å². The van der Waals surface area contributed by atoms with E-state index < -0.39 is 9.84 Å². The van der Waals surface area contributed by atoms with Gasteiger partial charge in [0.25, 0.3) is 0 Å². The van der Waals surface area contributed by atoms with Crippen LogP contribution in [0.3, 0.4) is 0 Å². The summed E-state index contributed by atoms with van der Waals surface area (Å²) < 4.78 is 22.0. The molecule has 4 nitrogen and oxygen atoms in total. The summed E-state index contributed by atoms with van der Waals surface area (Å²) in [6.45, 7) is 0. The summed E-state index contributed by atoms with van der Waals surface area (Å²) in [5, 5.41) is 0.792. The van der Waals surface area contributed by atoms with Gasteiger partial charge in [0.1, 0.15) is 9.84 Å². The topological polar surface area (TPSA) is 72.2 Å². The van der Waals surface area contributed by atoms with Crippen molar-refractivity contribution in [3.8, 4) is 0 Å². The molecule has 0 amide bonds. The van der Waals surface area contributed by atoms with Gasteiger partial charge in [-0.3, -0.25) is 11.3 Å². The van der Waals surface area contributed by atoms with Gasteiger partial charge in [-0.15, -0.1) is 0 Å². The summed E-state index contributed by atoms with van der Waals surface area (Å²) in [6, 6.07) is 0.238. The molecule has 102 valence electrons. The first-order valence-corrected chi connectivity index (χ1v) is 9.37. The molecular weight excluding hydrogens is 256 g/mol. The molecule has 1 atom stereocenters. The first-order valence-electron chi connectivity index (χ1n) is 6.26. The molecule has 0 radical (unpaired) electrons. The average Bonchev–Trinajstić information content (AvgIpc) is 2.74. The number of hydrogen-bond acceptors (Lipinski definition) is 5. The molecule has 0 aliphatic heterocycles. The molecule has 1 saturated carbocycles. The minimum absolute atomic E-state index is 0.238. The second-order valence-corrected chi connectivity index (χ2v) is 8.47. The highest BCUT2D eigenvalue weighted by molar-refractivity contribution is 7.99. The highest BCUT2D eigenvalue weighted by Gasteiger charge is 2.17. The van der Waals surface area contributed by atoms with Crippen LogP contribution in [0.1, 0.15) is 38.5 Å². The van der Waals surface area contributed by atoms with E-state index >= 15 is 0 Å². The maximum absolute atomic E-state index is 11.0. The Kier molecular flexibility index (Phi) is 6.84. The smallest absolute Gasteiger partial charge is 0.147 e. The van der Waals surface area contributed by atoms with Crippen LogP contribution in [0.2, 0.25) is 0 Å². The zero-order valence-corrected chi connectivity index (χ0v) is 12.2. The van der Waals surface area contributed by atoms with Gasteiger partial charge in [0.2, 0.25) is 0 Å². The van der Waals surface area contributed by atoms with E-state index in [1.165, 1.54) is 31.9 Å². The standard InChI is InChI=1S/C11H24N2O2S2/c1-17(14,15)8-4-5-10(13-12)9-16-11-6-2-3-7-11/h10-11,13H,2-9,12H2,1H3. The van der Waals surface area contributed by atoms with E-state index in [1.54, 1.807) is 0 Å². The Morgan fingerprint density at radius 1 is 1.41 bits per heavy atom. The fraction of sp³-hybridized carbons (Fsp3) is 1.00. The van der Waals surface area contributed by atoms with Crippen LogP contribution < -0.4 is 11.3 Å². The Balaban J connectivity index is 2.14. The highest BCUT2D eigenvalue weighted by Crippen LogP contribution is 2.29. The highest BCUT2D eigenvalue weighted by atomic mass is 32.2. The fourth-order valence-corrected chi connectivity index (χ4v) is 4.24. The lowest BCUT2D eigenvalue weighted by atomic mass is 10.2. The van der Waals surface area contributed by atoms with Gasteiger partial charge in [0, 0.05) is 29.1 Å². The molecule has 0 heterocycles. The van der Waals surface area contributed by atoms with E-state index in [9.17, 15) is 8.42 Å². The summed E-state index contributed by atoms with van der Waals surface area (Å²) >= 11 is 1.98. The lowest BCUT2D eigenvalue weighted by molar-refractivity contribution is 0.528. The van der Waals surface area contributed by atoms with Crippen molar-refractivity contribution >= 4 is 21.6 Å². The Hall–Kier alpha value is 0.220. The molecule has 1 aliphatic carbocycles. The zero-order valence-electron chi connectivity index (χ0n) is 10.5. The normalized spacial score (nSPS) is 19.6. The molecule has 1 unspecified atom stereocenters. The molecule has 1 fully saturated rings. The van der Waals surface area contributed by atoms with Crippen LogP contribution in [0.5, 0.6) is 0 Å². The van der Waals surface area contributed by atoms with Gasteiger partial charge in [-0.25, -0.2) is 8.42 Å². The molecule has 1 aliphatic rings. The SMILES string of the molecule is CS(=O)(=O)CCCC(CSC1CCCC1)NN. The molecule has 0 aromatic heterocycles. The van der Waals surface area contributed by atoms with E-state index in [0.717, 1.165) is 17.4 Å². The number of hydrogen-bond donors (Lipinski definition) is 2. The van der Waals surface area contributed by atoms with Gasteiger partial charge in [-0.05, 0) is 25.7 Å². The van der Waals surface area contributed by atoms with Gasteiger partial charge in [0.15, 0.2) is 0 Å². The quantitative estimate of drug-likeness (QED) is 0.518. The summed E-state index contributed by atoms with van der Waals surface area (Å²) in [4.78, 5) is 0. The lowest BCUT2D eigenvalue weighted by Crippen LogP contribution is -2.37. The van der Waals surface area contributed by atoms with E-state index in [4.69, 9.17) is 5.84 Å². The Morgan fingerprint density at radius 2 is 2.06 bits per heavy atom. The summed E-state index contributed by atoms with van der Waals surface area (Å²) in [6.07, 6.45) is 8.17. The Bertz CT molecular complexity index is 301. The molecule has 1 rings (SSSR count). The van der Waals surface area contributed by atoms with Crippen molar-refractivity contribution in [1.29, 1.82) is 0 Å². The van der Waals surface area contributed by atoms with Crippen LogP contribution in [0, 0.1) is 0 Å². The van der Waals surface area contributed by atoms with Gasteiger partial charge >= 0.3 is 0 Å². The molecule has 0 bridgehead atoms. The maximum Gasteiger partial charge on any atom is 0.147 e. The van der Waals surface area contributed by atoms with Crippen molar-refractivity contribution in [2.75, 3.05) is 17.8 Å². The van der Waals surface area contributed by atoms with Crippen LogP contribution in [0.4, 0.5) is 0 Å². The number of hydrazine groups is 1. The molecule has 3 N–H and O–H groups in total. The molecule has 0 saturated heterocycles. The molecule has 0 spiro atoms. The van der Waals surface area contributed by atoms with Gasteiger partial charge in [0.05, 0.1) is 0 Å². The summed E-state index contributed by atoms with van der Waals surface area (Å²) in [5.74, 6) is 6.75. The van der Waals surface area contributed by atoms with Crippen molar-refractivity contribution in [2.24, 2.45) is 5.84 Å². The third kappa shape index (κ3) is 7.28. The third-order valence-corrected chi connectivity index (χ3v) is 5.71. The van der Waals surface area contributed by atoms with Crippen molar-refractivity contribution < 1.29 is 8.42 Å². The number of thioether (sulfide) groups is 1. The monoisotopic (exact) mass is 280 g/mol. The van der Waals surface area contributed by atoms with Crippen LogP contribution >= 0.6 is 11.8 Å². The third-order valence-electron chi connectivity index (χ3n) is 3.14. The first kappa shape index (κ1) is 15.3. The number of nitrogens with two attached hydrogens (primary N) is 1. The predicted molar refractivity (Wildman–Crippen MR) is 74.8 cm³/mol. The summed E-state index contributed by atoms with van der Waals surface area (Å²) in [7, 11) is -2.83. The molecule has 0 aromatic rings. The largest absolute Gasteiger partial charge is 0.271 e. The van der Waals surface area contributed by atoms with Crippen LogP contribution in [0.25, 0.3) is 0 Å². The van der Waals surface area contributed by atoms with Crippen molar-refractivity contribution in [3.63, 3.8) is 0 Å². The lowest BCUT2D eigenvalue weighted by Gasteiger charge is -2.17. The van der Waals surface area contributed by atoms with Crippen molar-refractivity contribution in [2.45, 2.75) is 49.8 Å². The summed E-state index contributed by atoms with van der Waals surface area (Å²) in [5.41, 5.74) is 2.80. The molecule has 17 heavy (non-hydrogen) atoms. The van der Waals surface area contributed by atoms with Crippen LogP contribution in [-0.4, -0.2) is 37.5 Å². The van der Waals surface area contributed by atoms with Crippen molar-refractivity contribution in [1.82, 2.24) is 5.43 Å². The van der Waals surface area contributed by atoms with Crippen molar-refractivity contribution in [3.05, 3.63) is 0 Å². The molecular formula is C11H24N2O2S2. The minimum atomic E-state index is -2.83. The van der Waals surface area contributed by atoms with E-state index in [-0.39, 0.29) is 11.8 Å². The van der Waals surface area contributed by atoms with Gasteiger partial charge in [-0.1, -0.05) is 12.8 Å². The van der Waals surface area contributed by atoms with Crippen LogP contribution in [-0.2, 0) is 9.84 Å².